The zero-order valence-electron chi connectivity index (χ0n) is 19.1. The van der Waals surface area contributed by atoms with Crippen LogP contribution in [0.3, 0.4) is 0 Å². The van der Waals surface area contributed by atoms with Gasteiger partial charge in [0, 0.05) is 4.88 Å². The number of rotatable bonds is 8. The average molecular weight is 469 g/mol. The molecule has 0 spiro atoms. The minimum atomic E-state index is -0.745. The molecular weight excluding hydrogens is 440 g/mol. The summed E-state index contributed by atoms with van der Waals surface area (Å²) < 4.78 is 12.6. The summed E-state index contributed by atoms with van der Waals surface area (Å²) in [5, 5.41) is 4.73. The molecule has 3 aromatic rings. The highest BCUT2D eigenvalue weighted by Gasteiger charge is 2.23. The second kappa shape index (κ2) is 10.2. The molecule has 8 nitrogen and oxygen atoms in total. The summed E-state index contributed by atoms with van der Waals surface area (Å²) in [7, 11) is 0. The van der Waals surface area contributed by atoms with Gasteiger partial charge >= 0.3 is 0 Å². The Hall–Kier alpha value is -3.20. The first kappa shape index (κ1) is 23.0. The number of ether oxygens (including phenoxy) is 2. The lowest BCUT2D eigenvalue weighted by molar-refractivity contribution is -0.123. The van der Waals surface area contributed by atoms with E-state index < -0.39 is 11.9 Å². The first-order valence-corrected chi connectivity index (χ1v) is 12.1. The quantitative estimate of drug-likeness (QED) is 0.400. The van der Waals surface area contributed by atoms with Crippen molar-refractivity contribution in [2.24, 2.45) is 5.10 Å². The number of hydrogen-bond donors (Lipinski definition) is 1. The molecule has 1 aliphatic carbocycles. The van der Waals surface area contributed by atoms with E-state index in [0.717, 1.165) is 41.6 Å². The molecule has 1 N–H and O–H groups in total. The van der Waals surface area contributed by atoms with Crippen LogP contribution in [0, 0.1) is 0 Å². The smallest absolute Gasteiger partial charge is 0.263 e. The number of thiophene rings is 1. The van der Waals surface area contributed by atoms with Gasteiger partial charge in [0.1, 0.15) is 10.9 Å². The molecule has 0 aliphatic heterocycles. The van der Waals surface area contributed by atoms with Crippen molar-refractivity contribution in [3.05, 3.63) is 50.9 Å². The van der Waals surface area contributed by atoms with Crippen LogP contribution in [0.5, 0.6) is 11.5 Å². The molecule has 33 heavy (non-hydrogen) atoms. The number of benzene rings is 1. The lowest BCUT2D eigenvalue weighted by Gasteiger charge is -2.14. The highest BCUT2D eigenvalue weighted by atomic mass is 32.1. The number of nitrogens with one attached hydrogen (secondary N) is 1. The van der Waals surface area contributed by atoms with Gasteiger partial charge in [-0.3, -0.25) is 14.2 Å². The van der Waals surface area contributed by atoms with E-state index in [1.54, 1.807) is 24.3 Å². The van der Waals surface area contributed by atoms with Crippen molar-refractivity contribution >= 4 is 33.7 Å². The Morgan fingerprint density at radius 1 is 1.24 bits per heavy atom. The van der Waals surface area contributed by atoms with Gasteiger partial charge < -0.3 is 9.47 Å². The molecule has 0 radical (unpaired) electrons. The number of aromatic nitrogens is 2. The summed E-state index contributed by atoms with van der Waals surface area (Å²) in [5.74, 6) is 0.884. The lowest BCUT2D eigenvalue weighted by atomic mass is 9.97. The van der Waals surface area contributed by atoms with Crippen LogP contribution in [-0.2, 0) is 17.6 Å². The summed E-state index contributed by atoms with van der Waals surface area (Å²) in [5.41, 5.74) is 4.22. The van der Waals surface area contributed by atoms with E-state index in [2.05, 4.69) is 15.5 Å². The number of hydrazone groups is 1. The van der Waals surface area contributed by atoms with Gasteiger partial charge in [0.25, 0.3) is 11.5 Å². The second-order valence-corrected chi connectivity index (χ2v) is 8.91. The molecule has 1 aromatic carbocycles. The van der Waals surface area contributed by atoms with Crippen LogP contribution in [0.1, 0.15) is 55.7 Å². The molecule has 1 aliphatic rings. The molecule has 2 aromatic heterocycles. The maximum atomic E-state index is 13.2. The van der Waals surface area contributed by atoms with Crippen molar-refractivity contribution in [2.45, 2.75) is 52.5 Å². The third-order valence-corrected chi connectivity index (χ3v) is 6.85. The molecule has 0 saturated heterocycles. The third kappa shape index (κ3) is 4.78. The molecule has 4 rings (SSSR count). The minimum Gasteiger partial charge on any atom is -0.490 e. The van der Waals surface area contributed by atoms with Crippen molar-refractivity contribution in [3.8, 4) is 11.5 Å². The number of amides is 1. The van der Waals surface area contributed by atoms with Crippen LogP contribution in [0.4, 0.5) is 0 Å². The van der Waals surface area contributed by atoms with E-state index in [1.807, 2.05) is 26.0 Å². The van der Waals surface area contributed by atoms with Gasteiger partial charge in [-0.15, -0.1) is 11.3 Å². The molecule has 0 bridgehead atoms. The fourth-order valence-electron chi connectivity index (χ4n) is 3.97. The SMILES string of the molecule is CCOc1ccc(/C=N\NC(=O)[C@@H](C)n2cnc3sc4c(c3c2=O)CCCC4)cc1OCC. The maximum absolute atomic E-state index is 13.2. The number of aryl methyl sites for hydroxylation is 2. The van der Waals surface area contributed by atoms with Crippen LogP contribution < -0.4 is 20.5 Å². The monoisotopic (exact) mass is 468 g/mol. The fourth-order valence-corrected chi connectivity index (χ4v) is 5.19. The lowest BCUT2D eigenvalue weighted by Crippen LogP contribution is -2.34. The molecular formula is C24H28N4O4S. The fraction of sp³-hybridized carbons (Fsp3) is 0.417. The van der Waals surface area contributed by atoms with Crippen molar-refractivity contribution in [1.82, 2.24) is 15.0 Å². The molecule has 1 atom stereocenters. The van der Waals surface area contributed by atoms with Crippen molar-refractivity contribution in [1.29, 1.82) is 0 Å². The number of carbonyl (C=O) groups excluding carboxylic acids is 1. The van der Waals surface area contributed by atoms with Gasteiger partial charge in [-0.2, -0.15) is 5.10 Å². The first-order valence-electron chi connectivity index (χ1n) is 11.3. The largest absolute Gasteiger partial charge is 0.490 e. The van der Waals surface area contributed by atoms with Gasteiger partial charge in [-0.25, -0.2) is 10.4 Å². The van der Waals surface area contributed by atoms with E-state index in [9.17, 15) is 9.59 Å². The Bertz CT molecular complexity index is 1250. The summed E-state index contributed by atoms with van der Waals surface area (Å²) in [6.07, 6.45) is 7.10. The van der Waals surface area contributed by atoms with Gasteiger partial charge in [0.05, 0.1) is 31.1 Å². The Morgan fingerprint density at radius 3 is 2.79 bits per heavy atom. The number of fused-ring (bicyclic) bond motifs is 3. The molecule has 0 unspecified atom stereocenters. The van der Waals surface area contributed by atoms with Crippen molar-refractivity contribution in [2.75, 3.05) is 13.2 Å². The van der Waals surface area contributed by atoms with Crippen LogP contribution in [-0.4, -0.2) is 34.9 Å². The van der Waals surface area contributed by atoms with E-state index in [0.29, 0.717) is 30.1 Å². The summed E-state index contributed by atoms with van der Waals surface area (Å²) in [6, 6.07) is 4.69. The normalized spacial score (nSPS) is 14.3. The van der Waals surface area contributed by atoms with E-state index in [1.165, 1.54) is 22.0 Å². The minimum absolute atomic E-state index is 0.168. The van der Waals surface area contributed by atoms with Gasteiger partial charge in [0.2, 0.25) is 0 Å². The molecule has 9 heteroatoms. The van der Waals surface area contributed by atoms with E-state index in [-0.39, 0.29) is 5.56 Å². The summed E-state index contributed by atoms with van der Waals surface area (Å²) in [4.78, 5) is 32.4. The zero-order valence-corrected chi connectivity index (χ0v) is 19.9. The zero-order chi connectivity index (χ0) is 23.4. The molecule has 174 valence electrons. The number of hydrogen-bond acceptors (Lipinski definition) is 7. The first-order chi connectivity index (χ1) is 16.0. The summed E-state index contributed by atoms with van der Waals surface area (Å²) >= 11 is 1.60. The van der Waals surface area contributed by atoms with Crippen molar-refractivity contribution in [3.63, 3.8) is 0 Å². The highest BCUT2D eigenvalue weighted by Crippen LogP contribution is 2.33. The standard InChI is InChI=1S/C24H28N4O4S/c1-4-31-18-11-10-16(12-19(18)32-5-2)13-26-27-22(29)15(3)28-14-25-23-21(24(28)30)17-8-6-7-9-20(17)33-23/h10-15H,4-9H2,1-3H3,(H,27,29)/b26-13-/t15-/m1/s1. The van der Waals surface area contributed by atoms with Crippen LogP contribution >= 0.6 is 11.3 Å². The van der Waals surface area contributed by atoms with Gasteiger partial charge in [-0.05, 0) is 75.8 Å². The maximum Gasteiger partial charge on any atom is 0.263 e. The Labute approximate surface area is 196 Å². The molecule has 1 amide bonds. The second-order valence-electron chi connectivity index (χ2n) is 7.83. The predicted octanol–water partition coefficient (Wildman–Crippen LogP) is 3.85. The van der Waals surface area contributed by atoms with E-state index in [4.69, 9.17) is 9.47 Å². The summed E-state index contributed by atoms with van der Waals surface area (Å²) in [6.45, 7) is 6.53. The molecule has 0 fully saturated rings. The molecule has 0 saturated carbocycles. The van der Waals surface area contributed by atoms with Crippen LogP contribution in [0.25, 0.3) is 10.2 Å². The number of carbonyl (C=O) groups is 1. The van der Waals surface area contributed by atoms with Gasteiger partial charge in [-0.1, -0.05) is 0 Å². The predicted molar refractivity (Wildman–Crippen MR) is 130 cm³/mol. The Balaban J connectivity index is 1.49. The van der Waals surface area contributed by atoms with Crippen LogP contribution in [0.15, 0.2) is 34.4 Å². The van der Waals surface area contributed by atoms with Gasteiger partial charge in [0.15, 0.2) is 11.5 Å². The number of nitrogens with zero attached hydrogens (tertiary/aromatic N) is 3. The van der Waals surface area contributed by atoms with Crippen LogP contribution in [0.2, 0.25) is 0 Å². The topological polar surface area (TPSA) is 94.8 Å². The Morgan fingerprint density at radius 2 is 2.00 bits per heavy atom. The molecule has 2 heterocycles. The van der Waals surface area contributed by atoms with Crippen molar-refractivity contribution < 1.29 is 14.3 Å². The Kier molecular flexibility index (Phi) is 7.08. The average Bonchev–Trinajstić information content (AvgIpc) is 3.20. The highest BCUT2D eigenvalue weighted by molar-refractivity contribution is 7.18. The van der Waals surface area contributed by atoms with E-state index >= 15 is 0 Å². The third-order valence-electron chi connectivity index (χ3n) is 5.65.